The van der Waals surface area contributed by atoms with Crippen LogP contribution >= 0.6 is 0 Å². The number of aliphatic hydroxyl groups excluding tert-OH is 1. The number of ketones is 1. The maximum Gasteiger partial charge on any atom is 0.311 e. The number of rotatable bonds is 14. The van der Waals surface area contributed by atoms with E-state index in [1.165, 1.54) is 37.8 Å². The van der Waals surface area contributed by atoms with E-state index in [1.807, 2.05) is 39.6 Å². The van der Waals surface area contributed by atoms with Crippen molar-refractivity contribution in [2.24, 2.45) is 40.0 Å². The van der Waals surface area contributed by atoms with Gasteiger partial charge in [0.15, 0.2) is 22.2 Å². The first-order valence-corrected chi connectivity index (χ1v) is 27.3. The monoisotopic (exact) mass is 1030 g/mol. The number of likely N-dealkylation sites (N-methyl/N-ethyl adjacent to an activating group) is 1. The second kappa shape index (κ2) is 24.5. The van der Waals surface area contributed by atoms with E-state index in [1.54, 1.807) is 46.0 Å². The van der Waals surface area contributed by atoms with Gasteiger partial charge in [-0.3, -0.25) is 24.1 Å². The molecule has 5 rings (SSSR count). The van der Waals surface area contributed by atoms with E-state index in [-0.39, 0.29) is 42.8 Å². The highest BCUT2D eigenvalue weighted by atomic mass is 32.2. The number of aromatic nitrogens is 3. The molecule has 1 saturated carbocycles. The smallest absolute Gasteiger partial charge is 0.311 e. The molecule has 1 aliphatic carbocycles. The van der Waals surface area contributed by atoms with Crippen molar-refractivity contribution in [3.8, 4) is 0 Å². The number of carbonyl (C=O) groups excluding carboxylic acids is 4. The molecule has 1 aromatic heterocycles. The molecule has 2 aromatic rings. The Morgan fingerprint density at radius 2 is 1.74 bits per heavy atom. The summed E-state index contributed by atoms with van der Waals surface area (Å²) in [6.45, 7) is 16.6. The van der Waals surface area contributed by atoms with Crippen LogP contribution in [0.15, 0.2) is 40.4 Å². The van der Waals surface area contributed by atoms with Crippen molar-refractivity contribution in [3.63, 3.8) is 0 Å². The van der Waals surface area contributed by atoms with Gasteiger partial charge >= 0.3 is 11.9 Å². The van der Waals surface area contributed by atoms with Crippen molar-refractivity contribution in [2.45, 2.75) is 186 Å². The summed E-state index contributed by atoms with van der Waals surface area (Å²) in [4.78, 5) is 60.7. The molecule has 3 heterocycles. The molecule has 0 unspecified atom stereocenters. The topological polar surface area (TPSA) is 235 Å². The molecule has 1 aromatic carbocycles. The maximum absolute atomic E-state index is 14.8. The van der Waals surface area contributed by atoms with E-state index in [4.69, 9.17) is 23.7 Å². The summed E-state index contributed by atoms with van der Waals surface area (Å²) in [6.07, 6.45) is -1.95. The lowest BCUT2D eigenvalue weighted by molar-refractivity contribution is -0.296. The second-order valence-electron chi connectivity index (χ2n) is 21.4. The summed E-state index contributed by atoms with van der Waals surface area (Å²) in [5.74, 6) is -5.26. The van der Waals surface area contributed by atoms with Gasteiger partial charge < -0.3 is 33.9 Å². The minimum Gasteiger partial charge on any atom is -0.459 e. The van der Waals surface area contributed by atoms with Crippen LogP contribution in [-0.4, -0.2) is 150 Å². The van der Waals surface area contributed by atoms with Crippen LogP contribution in [0.5, 0.6) is 0 Å². The third-order valence-electron chi connectivity index (χ3n) is 15.7. The summed E-state index contributed by atoms with van der Waals surface area (Å²) >= 11 is 0. The molecule has 18 nitrogen and oxygen atoms in total. The quantitative estimate of drug-likeness (QED) is 0.206. The average Bonchev–Trinajstić information content (AvgIpc) is 3.78. The van der Waals surface area contributed by atoms with Crippen molar-refractivity contribution in [1.29, 1.82) is 0 Å². The normalized spacial score (nSPS) is 34.9. The van der Waals surface area contributed by atoms with E-state index in [9.17, 15) is 42.2 Å². The molecule has 0 radical (unpaired) electrons. The summed E-state index contributed by atoms with van der Waals surface area (Å²) in [5, 5.41) is 33.2. The summed E-state index contributed by atoms with van der Waals surface area (Å²) in [6, 6.07) is 4.66. The van der Waals surface area contributed by atoms with Crippen molar-refractivity contribution < 1.29 is 65.9 Å². The van der Waals surface area contributed by atoms with E-state index in [2.05, 4.69) is 15.3 Å². The Labute approximate surface area is 425 Å². The number of sulfone groups is 1. The fraction of sp³-hybridized carbons (Fsp3) is 0.750. The second-order valence-corrected chi connectivity index (χ2v) is 23.4. The number of methoxy groups -OCH3 is 1. The number of cyclic esters (lactones) is 1. The van der Waals surface area contributed by atoms with Gasteiger partial charge in [-0.1, -0.05) is 52.0 Å². The number of hydrogen-bond donors (Lipinski definition) is 2. The van der Waals surface area contributed by atoms with Crippen LogP contribution in [0.1, 0.15) is 138 Å². The molecule has 0 spiro atoms. The Hall–Kier alpha value is -4.05. The molecule has 2 bridgehead atoms. The fourth-order valence-electron chi connectivity index (χ4n) is 11.7. The van der Waals surface area contributed by atoms with Crippen molar-refractivity contribution in [1.82, 2.24) is 19.9 Å². The number of nitrogens with zero attached hydrogens (tertiary/aromatic N) is 5. The predicted molar refractivity (Wildman–Crippen MR) is 265 cm³/mol. The SMILES string of the molecule is CC[C@H]1OC(=O)[C@H](C)[C@@H](O)[C@H](C)[C@@H](O[C@@H]2O[C@H](C)C[C@H](N(C)CCc3cn([C@H](CF)[C@H](OC)c4ccc(S(C)(=O)=O)cc4)nn3)[C@H]2OC(C)=O)[C@]2(C)CCC(=O)CC[C@H]([C@@H](C)C(=NC(C)=O)[C@H](C)C2)[C@]1(C)O. The molecule has 16 atom stereocenters. The van der Waals surface area contributed by atoms with Gasteiger partial charge in [0.05, 0.1) is 40.9 Å². The Morgan fingerprint density at radius 3 is 2.32 bits per heavy atom. The number of Topliss-reactive ketones (excluding diaryl/α,β-unsaturated/α-hetero) is 1. The van der Waals surface area contributed by atoms with E-state index >= 15 is 0 Å². The van der Waals surface area contributed by atoms with E-state index in [0.29, 0.717) is 42.8 Å². The van der Waals surface area contributed by atoms with Gasteiger partial charge in [0.25, 0.3) is 0 Å². The summed E-state index contributed by atoms with van der Waals surface area (Å²) in [7, 11) is -0.138. The van der Waals surface area contributed by atoms with Gasteiger partial charge in [0.1, 0.15) is 36.3 Å². The van der Waals surface area contributed by atoms with Gasteiger partial charge in [-0.05, 0) is 94.9 Å². The first-order chi connectivity index (χ1) is 33.7. The number of aliphatic hydroxyl groups is 2. The number of halogens is 1. The Kier molecular flexibility index (Phi) is 20.0. The van der Waals surface area contributed by atoms with E-state index < -0.39 is 130 Å². The van der Waals surface area contributed by atoms with Gasteiger partial charge in [-0.15, -0.1) is 5.10 Å². The number of alkyl halides is 1. The molecule has 404 valence electrons. The predicted octanol–water partition coefficient (Wildman–Crippen LogP) is 6.01. The summed E-state index contributed by atoms with van der Waals surface area (Å²) in [5.41, 5.74) is -0.971. The number of benzene rings is 1. The number of ether oxygens (including phenoxy) is 5. The molecule has 3 fully saturated rings. The molecule has 2 N–H and O–H groups in total. The Morgan fingerprint density at radius 1 is 1.07 bits per heavy atom. The van der Waals surface area contributed by atoms with Gasteiger partial charge in [0.2, 0.25) is 5.91 Å². The van der Waals surface area contributed by atoms with Crippen LogP contribution < -0.4 is 0 Å². The highest BCUT2D eigenvalue weighted by Crippen LogP contribution is 2.47. The molecule has 72 heavy (non-hydrogen) atoms. The number of hydrogen-bond acceptors (Lipinski definition) is 16. The van der Waals surface area contributed by atoms with Crippen molar-refractivity contribution in [2.75, 3.05) is 33.6 Å². The van der Waals surface area contributed by atoms with Crippen LogP contribution in [0.2, 0.25) is 0 Å². The molecule has 2 aliphatic heterocycles. The third-order valence-corrected chi connectivity index (χ3v) is 16.8. The van der Waals surface area contributed by atoms with Crippen LogP contribution in [-0.2, 0) is 59.1 Å². The zero-order valence-corrected chi connectivity index (χ0v) is 45.3. The largest absolute Gasteiger partial charge is 0.459 e. The number of esters is 2. The number of fused-ring (bicyclic) bond motifs is 5. The first-order valence-electron chi connectivity index (χ1n) is 25.4. The minimum absolute atomic E-state index is 0.0453. The van der Waals surface area contributed by atoms with E-state index in [0.717, 1.165) is 6.26 Å². The van der Waals surface area contributed by atoms with Crippen LogP contribution in [0.4, 0.5) is 4.39 Å². The minimum atomic E-state index is -3.45. The Bertz CT molecular complexity index is 2330. The fourth-order valence-corrected chi connectivity index (χ4v) is 12.3. The van der Waals surface area contributed by atoms with Crippen LogP contribution in [0.25, 0.3) is 0 Å². The van der Waals surface area contributed by atoms with Crippen LogP contribution in [0.3, 0.4) is 0 Å². The lowest BCUT2D eigenvalue weighted by Crippen LogP contribution is -2.59. The molecule has 20 heteroatoms. The highest BCUT2D eigenvalue weighted by molar-refractivity contribution is 7.90. The van der Waals surface area contributed by atoms with Gasteiger partial charge in [-0.2, -0.15) is 0 Å². The zero-order valence-electron chi connectivity index (χ0n) is 44.4. The number of amides is 1. The summed E-state index contributed by atoms with van der Waals surface area (Å²) < 4.78 is 72.0. The molecular weight excluding hydrogens is 954 g/mol. The standard InChI is InChI=1S/C52H80FN5O13S/c1-14-43-52(10,64)40-20-17-38(61)21-23-51(9,26-29(2)44(31(40)4)54-34(7)59)48(32(5)45(62)33(6)49(63)70-43)71-50-47(69-35(8)60)41(25-30(3)68-50)57(11)24-22-37-28-58(56-55-37)42(27-53)46(67-12)36-15-18-39(19-16-36)72(13,65)66/h15-16,18-19,28-33,40-43,45-48,50,62,64H,14,17,20-27H2,1-13H3/t29-,30-,31-,32+,33-,40-,41+,42-,43-,45+,46-,47-,48-,50+,51-,52+/m1/s1. The highest BCUT2D eigenvalue weighted by Gasteiger charge is 2.53. The van der Waals surface area contributed by atoms with Crippen molar-refractivity contribution in [3.05, 3.63) is 41.7 Å². The molecule has 3 aliphatic rings. The third kappa shape index (κ3) is 13.8. The maximum atomic E-state index is 14.8. The van der Waals surface area contributed by atoms with Crippen LogP contribution in [0, 0.1) is 35.0 Å². The molecule has 1 amide bonds. The lowest BCUT2D eigenvalue weighted by Gasteiger charge is -2.50. The molecule has 2 saturated heterocycles. The zero-order chi connectivity index (χ0) is 53.6. The first kappa shape index (κ1) is 58.8. The van der Waals surface area contributed by atoms with Crippen molar-refractivity contribution >= 4 is 39.2 Å². The lowest BCUT2D eigenvalue weighted by atomic mass is 9.65. The van der Waals surface area contributed by atoms with Gasteiger partial charge in [-0.25, -0.2) is 22.5 Å². The van der Waals surface area contributed by atoms with Gasteiger partial charge in [0, 0.05) is 76.8 Å². The average molecular weight is 1030 g/mol. The molecular formula is C52H80FN5O13S. The number of aliphatic imine (C=N–C) groups is 1. The Balaban J connectivity index is 1.50. The number of carbonyl (C=O) groups is 4.